The molecule has 0 unspecified atom stereocenters. The van der Waals surface area contributed by atoms with Crippen molar-refractivity contribution in [1.29, 1.82) is 0 Å². The number of unbranched alkanes of at least 4 members (excludes halogenated alkanes) is 1. The number of nitrogens with zero attached hydrogens (tertiary/aromatic N) is 1. The van der Waals surface area contributed by atoms with Gasteiger partial charge < -0.3 is 16.0 Å². The van der Waals surface area contributed by atoms with E-state index in [1.165, 1.54) is 0 Å². The van der Waals surface area contributed by atoms with E-state index in [-0.39, 0.29) is 0 Å². The van der Waals surface area contributed by atoms with Gasteiger partial charge in [0.25, 0.3) is 5.91 Å². The molecule has 0 aliphatic carbocycles. The molecule has 2 aromatic rings. The van der Waals surface area contributed by atoms with Crippen molar-refractivity contribution < 1.29 is 9.32 Å². The molecule has 5 nitrogen and oxygen atoms in total. The first kappa shape index (κ1) is 13.8. The Morgan fingerprint density at radius 2 is 2.21 bits per heavy atom. The number of nitrogens with two attached hydrogens (primary N) is 2. The largest absolute Gasteiger partial charge is 0.365 e. The molecule has 2 rings (SSSR count). The maximum absolute atomic E-state index is 11.6. The van der Waals surface area contributed by atoms with E-state index in [2.05, 4.69) is 5.16 Å². The Labute approximate surface area is 115 Å². The van der Waals surface area contributed by atoms with Gasteiger partial charge in [-0.25, -0.2) is 0 Å². The number of thiophene rings is 1. The summed E-state index contributed by atoms with van der Waals surface area (Å²) < 4.78 is 5.28. The Morgan fingerprint density at radius 1 is 1.42 bits per heavy atom. The van der Waals surface area contributed by atoms with Crippen molar-refractivity contribution >= 4 is 17.2 Å². The zero-order valence-electron chi connectivity index (χ0n) is 10.8. The predicted octanol–water partition coefficient (Wildman–Crippen LogP) is 2.09. The summed E-state index contributed by atoms with van der Waals surface area (Å²) in [5.74, 6) is 0.0621. The van der Waals surface area contributed by atoms with E-state index in [4.69, 9.17) is 16.0 Å². The van der Waals surface area contributed by atoms with E-state index in [9.17, 15) is 4.79 Å². The van der Waals surface area contributed by atoms with Gasteiger partial charge in [-0.1, -0.05) is 5.16 Å². The number of aromatic nitrogens is 1. The van der Waals surface area contributed by atoms with E-state index >= 15 is 0 Å². The minimum Gasteiger partial charge on any atom is -0.365 e. The summed E-state index contributed by atoms with van der Waals surface area (Å²) in [6.07, 6.45) is 2.37. The molecule has 19 heavy (non-hydrogen) atoms. The molecule has 0 radical (unpaired) electrons. The van der Waals surface area contributed by atoms with Crippen LogP contribution in [-0.2, 0) is 6.42 Å². The lowest BCUT2D eigenvalue weighted by Crippen LogP contribution is -2.13. The van der Waals surface area contributed by atoms with Crippen molar-refractivity contribution in [2.45, 2.75) is 26.2 Å². The van der Waals surface area contributed by atoms with Crippen LogP contribution < -0.4 is 11.5 Å². The summed E-state index contributed by atoms with van der Waals surface area (Å²) in [6, 6.07) is 3.90. The highest BCUT2D eigenvalue weighted by molar-refractivity contribution is 7.15. The van der Waals surface area contributed by atoms with Crippen molar-refractivity contribution in [3.8, 4) is 10.6 Å². The molecule has 0 saturated heterocycles. The van der Waals surface area contributed by atoms with Crippen LogP contribution in [0.1, 0.15) is 33.8 Å². The first-order valence-electron chi connectivity index (χ1n) is 6.18. The molecule has 2 aromatic heterocycles. The van der Waals surface area contributed by atoms with E-state index in [0.29, 0.717) is 30.0 Å². The lowest BCUT2D eigenvalue weighted by atomic mass is 10.1. The topological polar surface area (TPSA) is 95.1 Å². The van der Waals surface area contributed by atoms with Gasteiger partial charge >= 0.3 is 0 Å². The number of primary amides is 1. The molecule has 0 atom stereocenters. The normalized spacial score (nSPS) is 10.8. The fourth-order valence-corrected chi connectivity index (χ4v) is 2.76. The van der Waals surface area contributed by atoms with Crippen molar-refractivity contribution in [2.75, 3.05) is 6.54 Å². The third kappa shape index (κ3) is 3.02. The smallest absolute Gasteiger partial charge is 0.254 e. The second kappa shape index (κ2) is 5.99. The Kier molecular flexibility index (Phi) is 4.34. The lowest BCUT2D eigenvalue weighted by molar-refractivity contribution is 0.0999. The van der Waals surface area contributed by atoms with E-state index < -0.39 is 5.91 Å². The molecule has 0 aliphatic rings. The molecule has 4 N–H and O–H groups in total. The SMILES string of the molecule is Cc1ccc(-c2noc(CCCCN)c2C(N)=O)s1. The molecular formula is C13H17N3O2S. The number of amides is 1. The number of rotatable bonds is 6. The Morgan fingerprint density at radius 3 is 2.79 bits per heavy atom. The fraction of sp³-hybridized carbons (Fsp3) is 0.385. The maximum atomic E-state index is 11.6. The summed E-state index contributed by atoms with van der Waals surface area (Å²) >= 11 is 1.56. The Bertz CT molecular complexity index is 574. The summed E-state index contributed by atoms with van der Waals surface area (Å²) in [5, 5.41) is 4.00. The zero-order valence-corrected chi connectivity index (χ0v) is 11.6. The molecule has 6 heteroatoms. The standard InChI is InChI=1S/C13H17N3O2S/c1-8-5-6-10(19-8)12-11(13(15)17)9(18-16-12)4-2-3-7-14/h5-6H,2-4,7,14H2,1H3,(H2,15,17). The first-order chi connectivity index (χ1) is 9.13. The van der Waals surface area contributed by atoms with Crippen LogP contribution in [0.4, 0.5) is 0 Å². The average molecular weight is 279 g/mol. The van der Waals surface area contributed by atoms with Crippen LogP contribution in [0.5, 0.6) is 0 Å². The number of hydrogen-bond acceptors (Lipinski definition) is 5. The van der Waals surface area contributed by atoms with Gasteiger partial charge in [-0.05, 0) is 38.4 Å². The third-order valence-corrected chi connectivity index (χ3v) is 3.85. The number of hydrogen-bond donors (Lipinski definition) is 2. The summed E-state index contributed by atoms with van der Waals surface area (Å²) in [7, 11) is 0. The third-order valence-electron chi connectivity index (χ3n) is 2.84. The summed E-state index contributed by atoms with van der Waals surface area (Å²) in [5.41, 5.74) is 11.9. The van der Waals surface area contributed by atoms with Gasteiger partial charge in [-0.2, -0.15) is 0 Å². The minimum absolute atomic E-state index is 0.402. The first-order valence-corrected chi connectivity index (χ1v) is 7.00. The predicted molar refractivity (Wildman–Crippen MR) is 75.1 cm³/mol. The molecule has 0 bridgehead atoms. The number of aryl methyl sites for hydroxylation is 2. The zero-order chi connectivity index (χ0) is 13.8. The van der Waals surface area contributed by atoms with E-state index in [0.717, 1.165) is 22.6 Å². The van der Waals surface area contributed by atoms with Gasteiger partial charge in [0, 0.05) is 11.3 Å². The van der Waals surface area contributed by atoms with Crippen LogP contribution in [-0.4, -0.2) is 17.6 Å². The highest BCUT2D eigenvalue weighted by atomic mass is 32.1. The monoisotopic (exact) mass is 279 g/mol. The number of carbonyl (C=O) groups is 1. The summed E-state index contributed by atoms with van der Waals surface area (Å²) in [6.45, 7) is 2.62. The Hall–Kier alpha value is -1.66. The number of carbonyl (C=O) groups excluding carboxylic acids is 1. The van der Waals surface area contributed by atoms with Crippen molar-refractivity contribution in [2.24, 2.45) is 11.5 Å². The molecular weight excluding hydrogens is 262 g/mol. The Balaban J connectivity index is 2.32. The van der Waals surface area contributed by atoms with Crippen LogP contribution in [0, 0.1) is 6.92 Å². The highest BCUT2D eigenvalue weighted by Crippen LogP contribution is 2.31. The van der Waals surface area contributed by atoms with E-state index in [1.807, 2.05) is 19.1 Å². The second-order valence-corrected chi connectivity index (χ2v) is 5.64. The molecule has 0 fully saturated rings. The average Bonchev–Trinajstić information content (AvgIpc) is 2.95. The molecule has 0 aliphatic heterocycles. The van der Waals surface area contributed by atoms with Gasteiger partial charge in [0.15, 0.2) is 0 Å². The molecule has 102 valence electrons. The van der Waals surface area contributed by atoms with Crippen molar-refractivity contribution in [3.05, 3.63) is 28.3 Å². The van der Waals surface area contributed by atoms with Crippen LogP contribution >= 0.6 is 11.3 Å². The maximum Gasteiger partial charge on any atom is 0.254 e. The van der Waals surface area contributed by atoms with Crippen LogP contribution in [0.2, 0.25) is 0 Å². The molecule has 2 heterocycles. The lowest BCUT2D eigenvalue weighted by Gasteiger charge is -1.98. The van der Waals surface area contributed by atoms with Crippen molar-refractivity contribution in [1.82, 2.24) is 5.16 Å². The van der Waals surface area contributed by atoms with Gasteiger partial charge in [0.2, 0.25) is 0 Å². The summed E-state index contributed by atoms with van der Waals surface area (Å²) in [4.78, 5) is 13.7. The van der Waals surface area contributed by atoms with Crippen LogP contribution in [0.15, 0.2) is 16.7 Å². The van der Waals surface area contributed by atoms with Gasteiger partial charge in [0.1, 0.15) is 17.0 Å². The fourth-order valence-electron chi connectivity index (χ4n) is 1.91. The van der Waals surface area contributed by atoms with Gasteiger partial charge in [-0.3, -0.25) is 4.79 Å². The second-order valence-electron chi connectivity index (χ2n) is 4.35. The van der Waals surface area contributed by atoms with Gasteiger partial charge in [0.05, 0.1) is 4.88 Å². The minimum atomic E-state index is -0.495. The quantitative estimate of drug-likeness (QED) is 0.791. The van der Waals surface area contributed by atoms with Crippen LogP contribution in [0.25, 0.3) is 10.6 Å². The highest BCUT2D eigenvalue weighted by Gasteiger charge is 2.22. The molecule has 0 spiro atoms. The van der Waals surface area contributed by atoms with E-state index in [1.54, 1.807) is 11.3 Å². The molecule has 0 aromatic carbocycles. The molecule has 0 saturated carbocycles. The van der Waals surface area contributed by atoms with Gasteiger partial charge in [-0.15, -0.1) is 11.3 Å². The molecule has 1 amide bonds. The van der Waals surface area contributed by atoms with Crippen molar-refractivity contribution in [3.63, 3.8) is 0 Å². The van der Waals surface area contributed by atoms with Crippen LogP contribution in [0.3, 0.4) is 0 Å².